The first-order chi connectivity index (χ1) is 8.72. The maximum absolute atomic E-state index is 12.0. The Labute approximate surface area is 104 Å². The zero-order chi connectivity index (χ0) is 13.0. The summed E-state index contributed by atoms with van der Waals surface area (Å²) in [7, 11) is 0. The molecule has 0 unspecified atom stereocenters. The molecule has 1 N–H and O–H groups in total. The van der Waals surface area contributed by atoms with E-state index in [4.69, 9.17) is 0 Å². The van der Waals surface area contributed by atoms with E-state index in [-0.39, 0.29) is 24.4 Å². The molecule has 1 amide bonds. The smallest absolute Gasteiger partial charge is 0.277 e. The molecule has 2 aromatic rings. The molecular weight excluding hydrogens is 232 g/mol. The van der Waals surface area contributed by atoms with E-state index in [0.29, 0.717) is 17.4 Å². The van der Waals surface area contributed by atoms with Crippen LogP contribution in [0.4, 0.5) is 0 Å². The minimum Gasteiger partial charge on any atom is -0.356 e. The summed E-state index contributed by atoms with van der Waals surface area (Å²) in [6, 6.07) is 7.02. The monoisotopic (exact) mass is 246 g/mol. The van der Waals surface area contributed by atoms with Gasteiger partial charge in [-0.15, -0.1) is 5.10 Å². The van der Waals surface area contributed by atoms with Crippen LogP contribution in [0.2, 0.25) is 0 Å². The minimum atomic E-state index is -0.218. The first kappa shape index (κ1) is 12.2. The van der Waals surface area contributed by atoms with Crippen LogP contribution in [0.15, 0.2) is 29.1 Å². The van der Waals surface area contributed by atoms with E-state index in [0.717, 1.165) is 0 Å². The number of carbonyl (C=O) groups excluding carboxylic acids is 1. The van der Waals surface area contributed by atoms with Crippen molar-refractivity contribution in [2.45, 2.75) is 19.9 Å². The molecule has 1 aromatic carbocycles. The van der Waals surface area contributed by atoms with Crippen LogP contribution >= 0.6 is 0 Å². The third-order valence-corrected chi connectivity index (χ3v) is 2.55. The van der Waals surface area contributed by atoms with Gasteiger partial charge in [-0.1, -0.05) is 17.3 Å². The second-order valence-corrected chi connectivity index (χ2v) is 3.84. The lowest BCUT2D eigenvalue weighted by atomic mass is 10.2. The van der Waals surface area contributed by atoms with Crippen LogP contribution in [0.1, 0.15) is 13.3 Å². The lowest BCUT2D eigenvalue weighted by molar-refractivity contribution is -0.121. The summed E-state index contributed by atoms with van der Waals surface area (Å²) < 4.78 is 1.22. The zero-order valence-corrected chi connectivity index (χ0v) is 10.1. The molecule has 0 bridgehead atoms. The van der Waals surface area contributed by atoms with Gasteiger partial charge in [-0.25, -0.2) is 4.68 Å². The Hall–Kier alpha value is -2.24. The molecule has 0 saturated carbocycles. The van der Waals surface area contributed by atoms with E-state index in [1.54, 1.807) is 24.3 Å². The molecular formula is C12H14N4O2. The average molecular weight is 246 g/mol. The number of aromatic nitrogens is 3. The van der Waals surface area contributed by atoms with Crippen molar-refractivity contribution in [3.05, 3.63) is 34.6 Å². The maximum Gasteiger partial charge on any atom is 0.277 e. The molecule has 94 valence electrons. The molecule has 2 rings (SSSR count). The van der Waals surface area contributed by atoms with Crippen LogP contribution in [-0.4, -0.2) is 27.4 Å². The predicted octanol–water partition coefficient (Wildman–Crippen LogP) is 0.318. The van der Waals surface area contributed by atoms with Crippen molar-refractivity contribution >= 4 is 16.8 Å². The highest BCUT2D eigenvalue weighted by Gasteiger charge is 2.06. The van der Waals surface area contributed by atoms with Crippen molar-refractivity contribution in [1.82, 2.24) is 20.3 Å². The number of fused-ring (bicyclic) bond motifs is 1. The van der Waals surface area contributed by atoms with E-state index >= 15 is 0 Å². The van der Waals surface area contributed by atoms with Gasteiger partial charge in [-0.05, 0) is 19.1 Å². The number of hydrogen-bond acceptors (Lipinski definition) is 4. The SMILES string of the molecule is CCNC(=O)CCn1nnc2ccccc2c1=O. The van der Waals surface area contributed by atoms with Gasteiger partial charge in [0.15, 0.2) is 0 Å². The van der Waals surface area contributed by atoms with Crippen molar-refractivity contribution in [1.29, 1.82) is 0 Å². The molecule has 6 nitrogen and oxygen atoms in total. The highest BCUT2D eigenvalue weighted by Crippen LogP contribution is 2.03. The van der Waals surface area contributed by atoms with Crippen LogP contribution in [0.25, 0.3) is 10.9 Å². The molecule has 1 heterocycles. The molecule has 0 aliphatic carbocycles. The fraction of sp³-hybridized carbons (Fsp3) is 0.333. The lowest BCUT2D eigenvalue weighted by Gasteiger charge is -2.04. The van der Waals surface area contributed by atoms with E-state index in [1.165, 1.54) is 4.68 Å². The van der Waals surface area contributed by atoms with Gasteiger partial charge in [-0.2, -0.15) is 0 Å². The van der Waals surface area contributed by atoms with Crippen molar-refractivity contribution in [2.24, 2.45) is 0 Å². The predicted molar refractivity (Wildman–Crippen MR) is 67.1 cm³/mol. The summed E-state index contributed by atoms with van der Waals surface area (Å²) in [5.74, 6) is -0.0978. The van der Waals surface area contributed by atoms with Gasteiger partial charge in [0.05, 0.1) is 11.9 Å². The summed E-state index contributed by atoms with van der Waals surface area (Å²) >= 11 is 0. The van der Waals surface area contributed by atoms with Gasteiger partial charge in [-0.3, -0.25) is 9.59 Å². The molecule has 0 fully saturated rings. The first-order valence-corrected chi connectivity index (χ1v) is 5.81. The van der Waals surface area contributed by atoms with Crippen molar-refractivity contribution in [2.75, 3.05) is 6.54 Å². The van der Waals surface area contributed by atoms with Crippen LogP contribution < -0.4 is 10.9 Å². The van der Waals surface area contributed by atoms with Crippen LogP contribution in [0.3, 0.4) is 0 Å². The summed E-state index contributed by atoms with van der Waals surface area (Å²) in [4.78, 5) is 23.3. The number of hydrogen-bond donors (Lipinski definition) is 1. The number of nitrogens with one attached hydrogen (secondary N) is 1. The molecule has 0 aliphatic rings. The Kier molecular flexibility index (Phi) is 3.66. The topological polar surface area (TPSA) is 76.9 Å². The second kappa shape index (κ2) is 5.39. The third-order valence-electron chi connectivity index (χ3n) is 2.55. The highest BCUT2D eigenvalue weighted by molar-refractivity contribution is 5.77. The first-order valence-electron chi connectivity index (χ1n) is 5.81. The Bertz CT molecular complexity index is 621. The summed E-state index contributed by atoms with van der Waals surface area (Å²) in [6.07, 6.45) is 0.223. The number of benzene rings is 1. The number of rotatable bonds is 4. The Balaban J connectivity index is 2.22. The molecule has 0 radical (unpaired) electrons. The van der Waals surface area contributed by atoms with Crippen molar-refractivity contribution in [3.63, 3.8) is 0 Å². The van der Waals surface area contributed by atoms with Gasteiger partial charge >= 0.3 is 0 Å². The third kappa shape index (κ3) is 2.53. The van der Waals surface area contributed by atoms with Crippen LogP contribution in [-0.2, 0) is 11.3 Å². The Morgan fingerprint density at radius 2 is 2.17 bits per heavy atom. The highest BCUT2D eigenvalue weighted by atomic mass is 16.2. The molecule has 18 heavy (non-hydrogen) atoms. The van der Waals surface area contributed by atoms with E-state index in [1.807, 2.05) is 6.92 Å². The second-order valence-electron chi connectivity index (χ2n) is 3.84. The fourth-order valence-electron chi connectivity index (χ4n) is 1.66. The van der Waals surface area contributed by atoms with Crippen LogP contribution in [0.5, 0.6) is 0 Å². The lowest BCUT2D eigenvalue weighted by Crippen LogP contribution is -2.29. The average Bonchev–Trinajstić information content (AvgIpc) is 2.39. The normalized spacial score (nSPS) is 10.5. The summed E-state index contributed by atoms with van der Waals surface area (Å²) in [6.45, 7) is 2.67. The molecule has 1 aromatic heterocycles. The van der Waals surface area contributed by atoms with Gasteiger partial charge in [0, 0.05) is 13.0 Å². The minimum absolute atomic E-state index is 0.0978. The van der Waals surface area contributed by atoms with Crippen molar-refractivity contribution in [3.8, 4) is 0 Å². The quantitative estimate of drug-likeness (QED) is 0.842. The molecule has 0 spiro atoms. The van der Waals surface area contributed by atoms with Gasteiger partial charge < -0.3 is 5.32 Å². The van der Waals surface area contributed by atoms with Crippen molar-refractivity contribution < 1.29 is 4.79 Å². The number of carbonyl (C=O) groups is 1. The summed E-state index contributed by atoms with van der Waals surface area (Å²) in [5, 5.41) is 10.9. The Morgan fingerprint density at radius 3 is 2.94 bits per heavy atom. The molecule has 0 aliphatic heterocycles. The molecule has 6 heteroatoms. The fourth-order valence-corrected chi connectivity index (χ4v) is 1.66. The number of aryl methyl sites for hydroxylation is 1. The summed E-state index contributed by atoms with van der Waals surface area (Å²) in [5.41, 5.74) is 0.349. The van der Waals surface area contributed by atoms with Crippen LogP contribution in [0, 0.1) is 0 Å². The van der Waals surface area contributed by atoms with E-state index in [2.05, 4.69) is 15.6 Å². The number of nitrogens with zero attached hydrogens (tertiary/aromatic N) is 3. The molecule has 0 saturated heterocycles. The number of amides is 1. The van der Waals surface area contributed by atoms with Gasteiger partial charge in [0.1, 0.15) is 5.52 Å². The van der Waals surface area contributed by atoms with E-state index in [9.17, 15) is 9.59 Å². The standard InChI is InChI=1S/C12H14N4O2/c1-2-13-11(17)7-8-16-12(18)9-5-3-4-6-10(9)14-15-16/h3-6H,2,7-8H2,1H3,(H,13,17). The largest absolute Gasteiger partial charge is 0.356 e. The Morgan fingerprint density at radius 1 is 1.39 bits per heavy atom. The van der Waals surface area contributed by atoms with Gasteiger partial charge in [0.2, 0.25) is 5.91 Å². The molecule has 0 atom stereocenters. The maximum atomic E-state index is 12.0. The zero-order valence-electron chi connectivity index (χ0n) is 10.1. The van der Waals surface area contributed by atoms with E-state index < -0.39 is 0 Å². The van der Waals surface area contributed by atoms with Gasteiger partial charge in [0.25, 0.3) is 5.56 Å².